The quantitative estimate of drug-likeness (QED) is 0.604. The molecule has 9 heteroatoms. The number of anilines is 1. The van der Waals surface area contributed by atoms with Gasteiger partial charge in [-0.15, -0.1) is 0 Å². The molecule has 7 nitrogen and oxygen atoms in total. The highest BCUT2D eigenvalue weighted by atomic mass is 32.1. The number of hydrogen-bond donors (Lipinski definition) is 1. The van der Waals surface area contributed by atoms with Crippen molar-refractivity contribution in [3.63, 3.8) is 0 Å². The zero-order chi connectivity index (χ0) is 23.3. The maximum Gasteiger partial charge on any atom is 0.338 e. The normalized spacial score (nSPS) is 18.4. The molecule has 1 unspecified atom stereocenters. The Hall–Kier alpha value is -3.85. The van der Waals surface area contributed by atoms with Crippen LogP contribution in [0.15, 0.2) is 69.6 Å². The Bertz CT molecular complexity index is 1530. The lowest BCUT2D eigenvalue weighted by Gasteiger charge is -2.24. The third kappa shape index (κ3) is 3.32. The molecule has 2 aliphatic heterocycles. The van der Waals surface area contributed by atoms with Gasteiger partial charge in [0.25, 0.3) is 11.5 Å². The zero-order valence-corrected chi connectivity index (χ0v) is 18.5. The Morgan fingerprint density at radius 2 is 1.91 bits per heavy atom. The molecule has 0 radical (unpaired) electrons. The van der Waals surface area contributed by atoms with Gasteiger partial charge in [-0.05, 0) is 37.6 Å². The molecule has 3 heterocycles. The summed E-state index contributed by atoms with van der Waals surface area (Å²) >= 11 is 1.08. The van der Waals surface area contributed by atoms with Crippen LogP contribution in [0.2, 0.25) is 0 Å². The number of carbonyl (C=O) groups excluding carboxylic acids is 2. The number of esters is 1. The number of halogens is 1. The van der Waals surface area contributed by atoms with Crippen molar-refractivity contribution in [2.24, 2.45) is 4.99 Å². The van der Waals surface area contributed by atoms with Crippen LogP contribution in [0.1, 0.15) is 31.0 Å². The summed E-state index contributed by atoms with van der Waals surface area (Å²) in [5.74, 6) is -1.41. The highest BCUT2D eigenvalue weighted by molar-refractivity contribution is 7.07. The van der Waals surface area contributed by atoms with Gasteiger partial charge in [-0.25, -0.2) is 14.2 Å². The van der Waals surface area contributed by atoms with Crippen molar-refractivity contribution in [3.05, 3.63) is 96.4 Å². The summed E-state index contributed by atoms with van der Waals surface area (Å²) in [4.78, 5) is 44.2. The minimum Gasteiger partial charge on any atom is -0.463 e. The smallest absolute Gasteiger partial charge is 0.338 e. The van der Waals surface area contributed by atoms with Crippen LogP contribution in [0.4, 0.5) is 10.1 Å². The molecule has 1 amide bonds. The molecule has 2 aliphatic rings. The minimum atomic E-state index is -0.866. The maximum absolute atomic E-state index is 13.7. The minimum absolute atomic E-state index is 0.150. The fourth-order valence-corrected chi connectivity index (χ4v) is 5.29. The van der Waals surface area contributed by atoms with Gasteiger partial charge in [0.1, 0.15) is 10.3 Å². The molecule has 166 valence electrons. The second-order valence-electron chi connectivity index (χ2n) is 7.55. The van der Waals surface area contributed by atoms with Gasteiger partial charge >= 0.3 is 5.97 Å². The van der Waals surface area contributed by atoms with Gasteiger partial charge in [-0.3, -0.25) is 14.2 Å². The summed E-state index contributed by atoms with van der Waals surface area (Å²) in [5.41, 5.74) is 2.20. The lowest BCUT2D eigenvalue weighted by atomic mass is 9.96. The van der Waals surface area contributed by atoms with Crippen LogP contribution in [0.25, 0.3) is 5.57 Å². The Morgan fingerprint density at radius 1 is 1.18 bits per heavy atom. The zero-order valence-electron chi connectivity index (χ0n) is 17.7. The van der Waals surface area contributed by atoms with Gasteiger partial charge in [0.05, 0.1) is 29.5 Å². The summed E-state index contributed by atoms with van der Waals surface area (Å²) in [6, 6.07) is 11.9. The monoisotopic (exact) mass is 463 g/mol. The van der Waals surface area contributed by atoms with E-state index in [0.717, 1.165) is 11.3 Å². The molecule has 1 N–H and O–H groups in total. The van der Waals surface area contributed by atoms with E-state index in [4.69, 9.17) is 4.74 Å². The van der Waals surface area contributed by atoms with Crippen LogP contribution >= 0.6 is 11.3 Å². The molecule has 3 aromatic rings. The van der Waals surface area contributed by atoms with Crippen molar-refractivity contribution in [2.45, 2.75) is 19.9 Å². The number of rotatable bonds is 3. The largest absolute Gasteiger partial charge is 0.463 e. The van der Waals surface area contributed by atoms with Crippen LogP contribution in [-0.2, 0) is 14.3 Å². The van der Waals surface area contributed by atoms with E-state index in [-0.39, 0.29) is 28.2 Å². The van der Waals surface area contributed by atoms with Crippen LogP contribution < -0.4 is 20.2 Å². The van der Waals surface area contributed by atoms with E-state index in [2.05, 4.69) is 10.3 Å². The van der Waals surface area contributed by atoms with Gasteiger partial charge in [0, 0.05) is 11.3 Å². The van der Waals surface area contributed by atoms with E-state index in [0.29, 0.717) is 27.3 Å². The molecule has 0 aliphatic carbocycles. The number of aromatic nitrogens is 1. The van der Waals surface area contributed by atoms with E-state index < -0.39 is 23.4 Å². The summed E-state index contributed by atoms with van der Waals surface area (Å²) in [6.45, 7) is 3.51. The average molecular weight is 463 g/mol. The summed E-state index contributed by atoms with van der Waals surface area (Å²) in [5, 5.41) is 2.78. The molecule has 0 saturated carbocycles. The number of hydrogen-bond acceptors (Lipinski definition) is 6. The van der Waals surface area contributed by atoms with Gasteiger partial charge in [0.2, 0.25) is 0 Å². The predicted molar refractivity (Wildman–Crippen MR) is 121 cm³/mol. The molecule has 0 fully saturated rings. The van der Waals surface area contributed by atoms with Crippen LogP contribution in [0.5, 0.6) is 0 Å². The number of amides is 1. The Balaban J connectivity index is 1.82. The number of benzene rings is 2. The molecule has 0 saturated heterocycles. The van der Waals surface area contributed by atoms with Crippen LogP contribution in [0.3, 0.4) is 0 Å². The summed E-state index contributed by atoms with van der Waals surface area (Å²) < 4.78 is 20.5. The summed E-state index contributed by atoms with van der Waals surface area (Å²) in [7, 11) is 0. The van der Waals surface area contributed by atoms with Crippen LogP contribution in [-0.4, -0.2) is 23.1 Å². The standard InChI is InChI=1S/C24H18FN3O4S/c1-3-32-23(31)17-12(2)26-24-28(19(17)13-8-10-14(25)11-9-13)22(30)20(33-24)18-15-6-4-5-7-16(15)27-21(18)29/h4-11,19H,3H2,1-2H3,(H,27,29). The number of nitrogens with zero attached hydrogens (tertiary/aromatic N) is 2. The third-order valence-corrected chi connectivity index (χ3v) is 6.63. The molecule has 0 bridgehead atoms. The molecule has 1 aromatic heterocycles. The topological polar surface area (TPSA) is 89.8 Å². The van der Waals surface area contributed by atoms with Crippen molar-refractivity contribution < 1.29 is 18.7 Å². The second kappa shape index (κ2) is 7.93. The molecule has 5 rings (SSSR count). The molecule has 1 atom stereocenters. The number of nitrogens with one attached hydrogen (secondary N) is 1. The molecule has 0 spiro atoms. The van der Waals surface area contributed by atoms with E-state index in [9.17, 15) is 18.8 Å². The number of carbonyl (C=O) groups is 2. The first-order valence-corrected chi connectivity index (χ1v) is 11.1. The number of allylic oxidation sites excluding steroid dienone is 1. The second-order valence-corrected chi connectivity index (χ2v) is 8.53. The first-order valence-electron chi connectivity index (χ1n) is 10.3. The molecular weight excluding hydrogens is 445 g/mol. The SMILES string of the molecule is CCOC(=O)C1=C(C)N=c2sc(=C3C(=O)Nc4ccccc43)c(=O)n2C1c1ccc(F)cc1. The van der Waals surface area contributed by atoms with E-state index in [1.165, 1.54) is 28.8 Å². The van der Waals surface area contributed by atoms with Gasteiger partial charge in [-0.1, -0.05) is 41.7 Å². The van der Waals surface area contributed by atoms with Gasteiger partial charge in [0.15, 0.2) is 4.80 Å². The lowest BCUT2D eigenvalue weighted by Crippen LogP contribution is -2.40. The lowest BCUT2D eigenvalue weighted by molar-refractivity contribution is -0.139. The number of ether oxygens (including phenoxy) is 1. The Morgan fingerprint density at radius 3 is 2.64 bits per heavy atom. The number of thiazole rings is 1. The van der Waals surface area contributed by atoms with Gasteiger partial charge in [-0.2, -0.15) is 0 Å². The van der Waals surface area contributed by atoms with Crippen molar-refractivity contribution in [2.75, 3.05) is 11.9 Å². The van der Waals surface area contributed by atoms with Crippen molar-refractivity contribution in [1.82, 2.24) is 4.57 Å². The Kier molecular flexibility index (Phi) is 5.05. The summed E-state index contributed by atoms with van der Waals surface area (Å²) in [6.07, 6.45) is 0. The molecular formula is C24H18FN3O4S. The third-order valence-electron chi connectivity index (χ3n) is 5.58. The van der Waals surface area contributed by atoms with Gasteiger partial charge < -0.3 is 10.1 Å². The van der Waals surface area contributed by atoms with Crippen molar-refractivity contribution in [1.29, 1.82) is 0 Å². The van der Waals surface area contributed by atoms with Crippen LogP contribution in [0, 0.1) is 5.82 Å². The predicted octanol–water partition coefficient (Wildman–Crippen LogP) is 2.26. The number of fused-ring (bicyclic) bond motifs is 2. The van der Waals surface area contributed by atoms with E-state index in [1.54, 1.807) is 38.1 Å². The first kappa shape index (κ1) is 21.0. The highest BCUT2D eigenvalue weighted by Crippen LogP contribution is 2.32. The Labute approximate surface area is 191 Å². The highest BCUT2D eigenvalue weighted by Gasteiger charge is 2.35. The maximum atomic E-state index is 13.7. The number of para-hydroxylation sites is 1. The fraction of sp³-hybridized carbons (Fsp3) is 0.167. The van der Waals surface area contributed by atoms with E-state index >= 15 is 0 Å². The van der Waals surface area contributed by atoms with E-state index in [1.807, 2.05) is 0 Å². The van der Waals surface area contributed by atoms with Crippen molar-refractivity contribution >= 4 is 34.5 Å². The molecule has 33 heavy (non-hydrogen) atoms. The van der Waals surface area contributed by atoms with Crippen molar-refractivity contribution in [3.8, 4) is 0 Å². The fourth-order valence-electron chi connectivity index (χ4n) is 4.15. The average Bonchev–Trinajstić information content (AvgIpc) is 3.28. The first-order chi connectivity index (χ1) is 15.9. The molecule has 2 aromatic carbocycles.